The first-order chi connectivity index (χ1) is 15.5. The van der Waals surface area contributed by atoms with Crippen LogP contribution in [0.2, 0.25) is 0 Å². The summed E-state index contributed by atoms with van der Waals surface area (Å²) in [6.07, 6.45) is 29.4. The summed E-state index contributed by atoms with van der Waals surface area (Å²) in [5.74, 6) is 0. The fourth-order valence-electron chi connectivity index (χ4n) is 3.92. The van der Waals surface area contributed by atoms with E-state index in [0.29, 0.717) is 0 Å². The average Bonchev–Trinajstić information content (AvgIpc) is 2.79. The maximum atomic E-state index is 10.4. The molecule has 1 aromatic rings. The van der Waals surface area contributed by atoms with Crippen LogP contribution in [0, 0.1) is 0 Å². The second-order valence-electron chi connectivity index (χ2n) is 9.15. The van der Waals surface area contributed by atoms with Gasteiger partial charge < -0.3 is 0 Å². The number of hydrogen-bond donors (Lipinski definition) is 1. The molecular formula is C28H52O3S. The van der Waals surface area contributed by atoms with Gasteiger partial charge in [0.05, 0.1) is 4.90 Å². The van der Waals surface area contributed by atoms with E-state index in [0.717, 1.165) is 0 Å². The van der Waals surface area contributed by atoms with Crippen molar-refractivity contribution in [2.45, 2.75) is 147 Å². The van der Waals surface area contributed by atoms with Gasteiger partial charge in [0.1, 0.15) is 0 Å². The lowest BCUT2D eigenvalue weighted by Gasteiger charge is -2.03. The highest BCUT2D eigenvalue weighted by molar-refractivity contribution is 7.85. The molecule has 4 heteroatoms. The van der Waals surface area contributed by atoms with Crippen molar-refractivity contribution in [3.63, 3.8) is 0 Å². The fraction of sp³-hybridized carbons (Fsp3) is 0.786. The van der Waals surface area contributed by atoms with Crippen LogP contribution < -0.4 is 0 Å². The molecule has 0 aliphatic heterocycles. The quantitative estimate of drug-likeness (QED) is 0.153. The molecule has 188 valence electrons. The normalized spacial score (nSPS) is 11.2. The number of rotatable bonds is 20. The Hall–Kier alpha value is -0.870. The molecule has 0 saturated heterocycles. The molecule has 0 amide bonds. The van der Waals surface area contributed by atoms with Crippen molar-refractivity contribution in [2.24, 2.45) is 0 Å². The average molecular weight is 469 g/mol. The van der Waals surface area contributed by atoms with Gasteiger partial charge in [0.25, 0.3) is 10.1 Å². The Labute approximate surface area is 200 Å². The highest BCUT2D eigenvalue weighted by Crippen LogP contribution is 2.14. The number of hydrogen-bond acceptors (Lipinski definition) is 2. The van der Waals surface area contributed by atoms with Crippen molar-refractivity contribution in [1.82, 2.24) is 0 Å². The molecular weight excluding hydrogens is 416 g/mol. The Bertz CT molecular complexity index is 564. The van der Waals surface area contributed by atoms with Crippen LogP contribution in [-0.4, -0.2) is 13.0 Å². The predicted molar refractivity (Wildman–Crippen MR) is 140 cm³/mol. The van der Waals surface area contributed by atoms with E-state index in [2.05, 4.69) is 13.8 Å². The molecule has 1 N–H and O–H groups in total. The summed E-state index contributed by atoms with van der Waals surface area (Å²) in [5.41, 5.74) is 0. The van der Waals surface area contributed by atoms with E-state index in [9.17, 15) is 8.42 Å². The van der Waals surface area contributed by atoms with E-state index in [1.807, 2.05) is 0 Å². The van der Waals surface area contributed by atoms with Crippen molar-refractivity contribution < 1.29 is 13.0 Å². The smallest absolute Gasteiger partial charge is 0.282 e. The van der Waals surface area contributed by atoms with Gasteiger partial charge in [-0.2, -0.15) is 8.42 Å². The Morgan fingerprint density at radius 1 is 0.500 bits per heavy atom. The maximum Gasteiger partial charge on any atom is 0.294 e. The van der Waals surface area contributed by atoms with Crippen LogP contribution in [0.5, 0.6) is 0 Å². The molecule has 1 aromatic carbocycles. The zero-order valence-corrected chi connectivity index (χ0v) is 22.0. The molecule has 32 heavy (non-hydrogen) atoms. The third kappa shape index (κ3) is 22.3. The molecule has 0 aliphatic carbocycles. The van der Waals surface area contributed by atoms with E-state index < -0.39 is 10.1 Å². The molecule has 3 nitrogen and oxygen atoms in total. The zero-order valence-electron chi connectivity index (χ0n) is 21.2. The van der Waals surface area contributed by atoms with Crippen molar-refractivity contribution in [3.05, 3.63) is 30.3 Å². The summed E-state index contributed by atoms with van der Waals surface area (Å²) in [4.78, 5) is -0.0741. The molecule has 0 bridgehead atoms. The van der Waals surface area contributed by atoms with E-state index in [1.54, 1.807) is 18.2 Å². The zero-order chi connectivity index (χ0) is 23.8. The second kappa shape index (κ2) is 23.3. The summed E-state index contributed by atoms with van der Waals surface area (Å²) in [7, 11) is -4.00. The molecule has 0 spiro atoms. The summed E-state index contributed by atoms with van der Waals surface area (Å²) < 4.78 is 29.2. The first kappa shape index (κ1) is 31.1. The highest BCUT2D eigenvalue weighted by atomic mass is 32.2. The first-order valence-corrected chi connectivity index (χ1v) is 15.0. The predicted octanol–water partition coefficient (Wildman–Crippen LogP) is 9.76. The van der Waals surface area contributed by atoms with E-state index >= 15 is 0 Å². The second-order valence-corrected chi connectivity index (χ2v) is 10.6. The van der Waals surface area contributed by atoms with Crippen molar-refractivity contribution in [2.75, 3.05) is 0 Å². The van der Waals surface area contributed by atoms with Gasteiger partial charge in [-0.3, -0.25) is 4.55 Å². The molecule has 0 heterocycles. The van der Waals surface area contributed by atoms with Crippen LogP contribution >= 0.6 is 0 Å². The van der Waals surface area contributed by atoms with Gasteiger partial charge in [-0.1, -0.05) is 160 Å². The fourth-order valence-corrected chi connectivity index (χ4v) is 4.42. The number of unbranched alkanes of at least 4 members (excludes halogenated alkanes) is 19. The SMILES string of the molecule is CCCCCCCCCCCCCCCCCCCCCC.O=S(=O)(O)c1ccccc1. The minimum atomic E-state index is -4.00. The maximum absolute atomic E-state index is 10.4. The number of benzene rings is 1. The highest BCUT2D eigenvalue weighted by Gasteiger charge is 2.05. The summed E-state index contributed by atoms with van der Waals surface area (Å²) in [6.45, 7) is 4.60. The molecule has 0 aliphatic rings. The Balaban J connectivity index is 0.000000792. The monoisotopic (exact) mass is 468 g/mol. The molecule has 0 radical (unpaired) electrons. The minimum Gasteiger partial charge on any atom is -0.282 e. The summed E-state index contributed by atoms with van der Waals surface area (Å²) in [5, 5.41) is 0. The Kier molecular flexibility index (Phi) is 22.7. The topological polar surface area (TPSA) is 54.4 Å². The molecule has 0 aromatic heterocycles. The van der Waals surface area contributed by atoms with Gasteiger partial charge in [-0.05, 0) is 12.1 Å². The summed E-state index contributed by atoms with van der Waals surface area (Å²) >= 11 is 0. The lowest BCUT2D eigenvalue weighted by Crippen LogP contribution is -1.96. The van der Waals surface area contributed by atoms with E-state index in [-0.39, 0.29) is 4.90 Å². The first-order valence-electron chi connectivity index (χ1n) is 13.5. The Morgan fingerprint density at radius 3 is 0.938 bits per heavy atom. The Morgan fingerprint density at radius 2 is 0.750 bits per heavy atom. The van der Waals surface area contributed by atoms with Crippen LogP contribution in [0.4, 0.5) is 0 Å². The largest absolute Gasteiger partial charge is 0.294 e. The van der Waals surface area contributed by atoms with Gasteiger partial charge in [0.2, 0.25) is 0 Å². The molecule has 0 atom stereocenters. The van der Waals surface area contributed by atoms with Crippen LogP contribution in [-0.2, 0) is 10.1 Å². The van der Waals surface area contributed by atoms with Gasteiger partial charge in [-0.25, -0.2) is 0 Å². The van der Waals surface area contributed by atoms with Crippen molar-refractivity contribution in [1.29, 1.82) is 0 Å². The molecule has 0 unspecified atom stereocenters. The lowest BCUT2D eigenvalue weighted by atomic mass is 10.0. The van der Waals surface area contributed by atoms with Gasteiger partial charge in [0, 0.05) is 0 Å². The molecule has 0 saturated carbocycles. The van der Waals surface area contributed by atoms with Crippen molar-refractivity contribution >= 4 is 10.1 Å². The van der Waals surface area contributed by atoms with Crippen LogP contribution in [0.15, 0.2) is 35.2 Å². The van der Waals surface area contributed by atoms with Gasteiger partial charge in [0.15, 0.2) is 0 Å². The van der Waals surface area contributed by atoms with Crippen molar-refractivity contribution in [3.8, 4) is 0 Å². The van der Waals surface area contributed by atoms with Crippen LogP contribution in [0.3, 0.4) is 0 Å². The summed E-state index contributed by atoms with van der Waals surface area (Å²) in [6, 6.07) is 7.42. The standard InChI is InChI=1S/C22H46.C6H6O3S/c1-3-5-7-9-11-13-15-17-19-21-22-20-18-16-14-12-10-8-6-4-2;7-10(8,9)6-4-2-1-3-5-6/h3-22H2,1-2H3;1-5H,(H,7,8,9). The lowest BCUT2D eigenvalue weighted by molar-refractivity contribution is 0.483. The van der Waals surface area contributed by atoms with Crippen LogP contribution in [0.1, 0.15) is 142 Å². The third-order valence-electron chi connectivity index (χ3n) is 6.00. The van der Waals surface area contributed by atoms with Crippen LogP contribution in [0.25, 0.3) is 0 Å². The molecule has 0 fully saturated rings. The van der Waals surface area contributed by atoms with Gasteiger partial charge >= 0.3 is 0 Å². The van der Waals surface area contributed by atoms with E-state index in [1.165, 1.54) is 141 Å². The van der Waals surface area contributed by atoms with E-state index in [4.69, 9.17) is 4.55 Å². The van der Waals surface area contributed by atoms with Gasteiger partial charge in [-0.15, -0.1) is 0 Å². The molecule has 1 rings (SSSR count). The third-order valence-corrected chi connectivity index (χ3v) is 6.87. The minimum absolute atomic E-state index is 0.0741.